The molecule has 2 aliphatic rings. The van der Waals surface area contributed by atoms with Gasteiger partial charge in [0.25, 0.3) is 11.8 Å². The van der Waals surface area contributed by atoms with E-state index < -0.39 is 0 Å². The average molecular weight is 741 g/mol. The minimum Gasteiger partial charge on any atom is -0.491 e. The molecule has 53 heavy (non-hydrogen) atoms. The number of amides is 5. The Morgan fingerprint density at radius 1 is 0.774 bits per heavy atom. The molecule has 2 heterocycles. The number of β-lactam (4-membered cyclic amide) rings is 1. The van der Waals surface area contributed by atoms with Crippen LogP contribution in [-0.4, -0.2) is 136 Å². The Labute approximate surface area is 310 Å². The highest BCUT2D eigenvalue weighted by molar-refractivity contribution is 6.07. The van der Waals surface area contributed by atoms with Gasteiger partial charge < -0.3 is 44.3 Å². The van der Waals surface area contributed by atoms with Gasteiger partial charge in [-0.2, -0.15) is 0 Å². The molecule has 3 N–H and O–H groups in total. The molecule has 15 nitrogen and oxygen atoms in total. The summed E-state index contributed by atoms with van der Waals surface area (Å²) in [4.78, 5) is 63.7. The number of hydrogen-bond acceptors (Lipinski definition) is 11. The predicted molar refractivity (Wildman–Crippen MR) is 193 cm³/mol. The minimum absolute atomic E-state index is 0.0229. The van der Waals surface area contributed by atoms with Gasteiger partial charge in [0.15, 0.2) is 0 Å². The lowest BCUT2D eigenvalue weighted by atomic mass is 10.1. The topological polar surface area (TPSA) is 182 Å². The number of hydrogen-bond donors (Lipinski definition) is 3. The molecular weight excluding hydrogens is 688 g/mol. The highest BCUT2D eigenvalue weighted by Crippen LogP contribution is 2.21. The van der Waals surface area contributed by atoms with E-state index in [0.29, 0.717) is 108 Å². The molecule has 0 spiro atoms. The third kappa shape index (κ3) is 13.7. The number of nitrogens with zero attached hydrogens (tertiary/aromatic N) is 2. The van der Waals surface area contributed by atoms with E-state index in [2.05, 4.69) is 10.6 Å². The van der Waals surface area contributed by atoms with Crippen molar-refractivity contribution in [2.45, 2.75) is 57.1 Å². The van der Waals surface area contributed by atoms with Crippen LogP contribution in [0.2, 0.25) is 0 Å². The van der Waals surface area contributed by atoms with Crippen molar-refractivity contribution in [2.75, 3.05) is 79.5 Å². The number of unbranched alkanes of at least 4 members (excludes halogenated alkanes) is 2. The molecule has 2 aromatic carbocycles. The van der Waals surface area contributed by atoms with Gasteiger partial charge in [-0.25, -0.2) is 0 Å². The SMILES string of the molecule is CO[C@@H]1C[C@@H](CO)N(C(=O)CCCCCNC(=O)CCNC(=O)c2ccc(OCCOCCOCCOc3ccc(C(=O)N4CCC4=O)cc3)cc2)C1. The summed E-state index contributed by atoms with van der Waals surface area (Å²) in [6.45, 7) is 3.78. The van der Waals surface area contributed by atoms with Crippen molar-refractivity contribution in [2.24, 2.45) is 0 Å². The van der Waals surface area contributed by atoms with E-state index in [0.717, 1.165) is 12.8 Å². The smallest absolute Gasteiger partial charge is 0.260 e. The van der Waals surface area contributed by atoms with Crippen molar-refractivity contribution in [3.63, 3.8) is 0 Å². The number of benzene rings is 2. The molecule has 2 saturated heterocycles. The standard InChI is InChI=1S/C38H52N4O11/c1-49-33-25-30(27-43)42(26-33)35(45)5-3-2-4-16-39-34(44)14-17-40-37(47)28-6-10-31(11-7-28)52-23-21-50-19-20-51-22-24-53-32-12-8-29(9-13-32)38(48)41-18-15-36(41)46/h6-13,30,33,43H,2-5,14-27H2,1H3,(H,39,44)(H,40,47)/t30-,33+/m0/s1. The molecule has 4 rings (SSSR count). The summed E-state index contributed by atoms with van der Waals surface area (Å²) in [5.41, 5.74) is 0.900. The van der Waals surface area contributed by atoms with E-state index >= 15 is 0 Å². The largest absolute Gasteiger partial charge is 0.491 e. The average Bonchev–Trinajstić information content (AvgIpc) is 3.60. The van der Waals surface area contributed by atoms with Crippen LogP contribution in [0.1, 0.15) is 65.7 Å². The first-order valence-electron chi connectivity index (χ1n) is 18.2. The zero-order valence-corrected chi connectivity index (χ0v) is 30.4. The van der Waals surface area contributed by atoms with Crippen LogP contribution in [0.15, 0.2) is 48.5 Å². The van der Waals surface area contributed by atoms with Crippen molar-refractivity contribution in [3.05, 3.63) is 59.7 Å². The van der Waals surface area contributed by atoms with Crippen LogP contribution in [0.3, 0.4) is 0 Å². The fourth-order valence-corrected chi connectivity index (χ4v) is 5.79. The van der Waals surface area contributed by atoms with Gasteiger partial charge in [0, 0.05) is 63.7 Å². The van der Waals surface area contributed by atoms with Crippen LogP contribution in [-0.2, 0) is 28.6 Å². The normalized spacial score (nSPS) is 16.6. The monoisotopic (exact) mass is 740 g/mol. The third-order valence-electron chi connectivity index (χ3n) is 8.95. The summed E-state index contributed by atoms with van der Waals surface area (Å²) >= 11 is 0. The van der Waals surface area contributed by atoms with Crippen molar-refractivity contribution >= 4 is 29.5 Å². The number of aliphatic hydroxyl groups excluding tert-OH is 1. The number of nitrogens with one attached hydrogen (secondary N) is 2. The maximum absolute atomic E-state index is 12.5. The van der Waals surface area contributed by atoms with Crippen LogP contribution in [0.4, 0.5) is 0 Å². The van der Waals surface area contributed by atoms with Gasteiger partial charge in [-0.05, 0) is 67.8 Å². The number of rotatable bonds is 24. The Bertz CT molecular complexity index is 1470. The molecule has 0 aliphatic carbocycles. The molecule has 2 fully saturated rings. The molecule has 0 radical (unpaired) electrons. The molecule has 0 saturated carbocycles. The molecule has 15 heteroatoms. The first-order valence-corrected chi connectivity index (χ1v) is 18.2. The van der Waals surface area contributed by atoms with Crippen LogP contribution >= 0.6 is 0 Å². The van der Waals surface area contributed by atoms with Crippen molar-refractivity contribution in [1.29, 1.82) is 0 Å². The van der Waals surface area contributed by atoms with E-state index in [9.17, 15) is 29.1 Å². The second kappa shape index (κ2) is 22.5. The molecule has 0 bridgehead atoms. The second-order valence-electron chi connectivity index (χ2n) is 12.7. The van der Waals surface area contributed by atoms with E-state index in [1.54, 1.807) is 60.5 Å². The summed E-state index contributed by atoms with van der Waals surface area (Å²) in [6.07, 6.45) is 3.85. The van der Waals surface area contributed by atoms with E-state index in [4.69, 9.17) is 23.7 Å². The number of carbonyl (C=O) groups excluding carboxylic acids is 5. The number of ether oxygens (including phenoxy) is 5. The number of imide groups is 1. The molecule has 2 atom stereocenters. The Morgan fingerprint density at radius 3 is 1.96 bits per heavy atom. The fourth-order valence-electron chi connectivity index (χ4n) is 5.79. The molecule has 2 aliphatic heterocycles. The number of carbonyl (C=O) groups is 5. The highest BCUT2D eigenvalue weighted by Gasteiger charge is 2.34. The van der Waals surface area contributed by atoms with E-state index in [1.165, 1.54) is 4.90 Å². The summed E-state index contributed by atoms with van der Waals surface area (Å²) in [6, 6.07) is 13.2. The Balaban J connectivity index is 0.941. The van der Waals surface area contributed by atoms with Gasteiger partial charge in [0.05, 0.1) is 45.2 Å². The minimum atomic E-state index is -0.290. The molecule has 290 valence electrons. The lowest BCUT2D eigenvalue weighted by Gasteiger charge is -2.28. The Hall–Kier alpha value is -4.57. The van der Waals surface area contributed by atoms with Crippen molar-refractivity contribution < 1.29 is 52.8 Å². The molecule has 2 aromatic rings. The van der Waals surface area contributed by atoms with Crippen LogP contribution in [0.5, 0.6) is 11.5 Å². The Kier molecular flexibility index (Phi) is 17.5. The number of methoxy groups -OCH3 is 1. The number of likely N-dealkylation sites (tertiary alicyclic amines) is 2. The highest BCUT2D eigenvalue weighted by atomic mass is 16.6. The van der Waals surface area contributed by atoms with Gasteiger partial charge in [-0.1, -0.05) is 6.42 Å². The fraction of sp³-hybridized carbons (Fsp3) is 0.553. The first-order chi connectivity index (χ1) is 25.8. The maximum Gasteiger partial charge on any atom is 0.260 e. The summed E-state index contributed by atoms with van der Waals surface area (Å²) in [5, 5.41) is 15.1. The zero-order valence-electron chi connectivity index (χ0n) is 30.4. The van der Waals surface area contributed by atoms with Crippen molar-refractivity contribution in [3.8, 4) is 11.5 Å². The summed E-state index contributed by atoms with van der Waals surface area (Å²) in [7, 11) is 1.61. The van der Waals surface area contributed by atoms with Crippen LogP contribution in [0.25, 0.3) is 0 Å². The van der Waals surface area contributed by atoms with Gasteiger partial charge >= 0.3 is 0 Å². The lowest BCUT2D eigenvalue weighted by molar-refractivity contribution is -0.136. The maximum atomic E-state index is 12.5. The van der Waals surface area contributed by atoms with Crippen LogP contribution in [0, 0.1) is 0 Å². The van der Waals surface area contributed by atoms with Gasteiger partial charge in [0.1, 0.15) is 24.7 Å². The van der Waals surface area contributed by atoms with E-state index in [1.807, 2.05) is 0 Å². The Morgan fingerprint density at radius 2 is 1.40 bits per heavy atom. The van der Waals surface area contributed by atoms with Gasteiger partial charge in [0.2, 0.25) is 17.7 Å². The summed E-state index contributed by atoms with van der Waals surface area (Å²) < 4.78 is 27.7. The summed E-state index contributed by atoms with van der Waals surface area (Å²) in [5.74, 6) is 0.341. The molecular formula is C38H52N4O11. The first kappa shape index (κ1) is 41.2. The number of aliphatic hydroxyl groups is 1. The predicted octanol–water partition coefficient (Wildman–Crippen LogP) is 1.95. The molecule has 0 unspecified atom stereocenters. The van der Waals surface area contributed by atoms with Gasteiger partial charge in [-0.3, -0.25) is 28.9 Å². The third-order valence-corrected chi connectivity index (χ3v) is 8.95. The molecule has 0 aromatic heterocycles. The zero-order chi connectivity index (χ0) is 37.8. The lowest BCUT2D eigenvalue weighted by Crippen LogP contribution is -2.47. The van der Waals surface area contributed by atoms with Gasteiger partial charge in [-0.15, -0.1) is 0 Å². The molecule has 5 amide bonds. The van der Waals surface area contributed by atoms with Crippen molar-refractivity contribution in [1.82, 2.24) is 20.4 Å². The second-order valence-corrected chi connectivity index (χ2v) is 12.7. The van der Waals surface area contributed by atoms with E-state index in [-0.39, 0.29) is 61.3 Å². The van der Waals surface area contributed by atoms with Crippen LogP contribution < -0.4 is 20.1 Å². The quantitative estimate of drug-likeness (QED) is 0.0813.